The van der Waals surface area contributed by atoms with E-state index in [0.717, 1.165) is 30.4 Å². The van der Waals surface area contributed by atoms with Crippen LogP contribution in [0.15, 0.2) is 11.0 Å². The van der Waals surface area contributed by atoms with Crippen molar-refractivity contribution in [2.45, 2.75) is 72.1 Å². The van der Waals surface area contributed by atoms with Crippen LogP contribution in [0.1, 0.15) is 61.8 Å². The molecule has 1 atom stereocenters. The Morgan fingerprint density at radius 1 is 1.08 bits per heavy atom. The van der Waals surface area contributed by atoms with Crippen molar-refractivity contribution in [3.8, 4) is 0 Å². The van der Waals surface area contributed by atoms with Crippen molar-refractivity contribution in [1.82, 2.24) is 0 Å². The summed E-state index contributed by atoms with van der Waals surface area (Å²) in [5, 5.41) is 0. The molecular weight excluding hydrogens is 324 g/mol. The van der Waals surface area contributed by atoms with Crippen LogP contribution in [0, 0.1) is 33.6 Å². The van der Waals surface area contributed by atoms with Gasteiger partial charge >= 0.3 is 0 Å². The molecule has 0 spiro atoms. The largest absolute Gasteiger partial charge is 0.297 e. The normalized spacial score (nSPS) is 13.1. The highest BCUT2D eigenvalue weighted by Gasteiger charge is 2.25. The maximum Gasteiger partial charge on any atom is 0.297 e. The Hall–Kier alpha value is -1.20. The smallest absolute Gasteiger partial charge is 0.297 e. The Labute approximate surface area is 146 Å². The molecule has 5 heteroatoms. The van der Waals surface area contributed by atoms with E-state index >= 15 is 0 Å². The Morgan fingerprint density at radius 2 is 1.71 bits per heavy atom. The van der Waals surface area contributed by atoms with Crippen molar-refractivity contribution < 1.29 is 17.4 Å². The van der Waals surface area contributed by atoms with Crippen LogP contribution in [0.4, 0.5) is 0 Å². The van der Waals surface area contributed by atoms with Crippen molar-refractivity contribution in [3.63, 3.8) is 0 Å². The van der Waals surface area contributed by atoms with Crippen molar-refractivity contribution in [2.75, 3.05) is 6.61 Å². The van der Waals surface area contributed by atoms with Crippen molar-refractivity contribution in [2.24, 2.45) is 5.92 Å². The van der Waals surface area contributed by atoms with Crippen LogP contribution < -0.4 is 0 Å². The fourth-order valence-electron chi connectivity index (χ4n) is 3.00. The SMILES string of the molecule is CCCCC(CC)C(=O)COS(=O)(=O)c1c(C)cc(C)c(C)c1C. The second-order valence-corrected chi connectivity index (χ2v) is 8.07. The minimum absolute atomic E-state index is 0.123. The molecule has 136 valence electrons. The van der Waals surface area contributed by atoms with Gasteiger partial charge in [0, 0.05) is 5.92 Å². The molecule has 0 N–H and O–H groups in total. The molecule has 0 aliphatic heterocycles. The summed E-state index contributed by atoms with van der Waals surface area (Å²) in [7, 11) is -3.94. The Kier molecular flexibility index (Phi) is 7.61. The molecule has 0 heterocycles. The van der Waals surface area contributed by atoms with Gasteiger partial charge in [-0.15, -0.1) is 0 Å². The number of rotatable bonds is 9. The summed E-state index contributed by atoms with van der Waals surface area (Å²) in [4.78, 5) is 12.5. The summed E-state index contributed by atoms with van der Waals surface area (Å²) < 4.78 is 30.3. The number of aryl methyl sites for hydroxylation is 2. The minimum atomic E-state index is -3.94. The van der Waals surface area contributed by atoms with E-state index < -0.39 is 10.1 Å². The quantitative estimate of drug-likeness (QED) is 0.616. The lowest BCUT2D eigenvalue weighted by molar-refractivity contribution is -0.125. The Bertz CT molecular complexity index is 690. The molecule has 1 unspecified atom stereocenters. The van der Waals surface area contributed by atoms with E-state index in [0.29, 0.717) is 17.5 Å². The number of ketones is 1. The summed E-state index contributed by atoms with van der Waals surface area (Å²) >= 11 is 0. The first kappa shape index (κ1) is 20.8. The number of benzene rings is 1. The van der Waals surface area contributed by atoms with E-state index in [1.807, 2.05) is 26.8 Å². The minimum Gasteiger partial charge on any atom is -0.297 e. The van der Waals surface area contributed by atoms with Crippen LogP contribution in [0.25, 0.3) is 0 Å². The zero-order chi connectivity index (χ0) is 18.5. The Balaban J connectivity index is 2.96. The molecule has 0 radical (unpaired) electrons. The molecule has 0 fully saturated rings. The van der Waals surface area contributed by atoms with E-state index in [9.17, 15) is 13.2 Å². The Morgan fingerprint density at radius 3 is 2.25 bits per heavy atom. The van der Waals surface area contributed by atoms with Crippen LogP contribution in [-0.4, -0.2) is 20.8 Å². The van der Waals surface area contributed by atoms with Crippen molar-refractivity contribution in [1.29, 1.82) is 0 Å². The fraction of sp³-hybridized carbons (Fsp3) is 0.632. The van der Waals surface area contributed by atoms with Crippen molar-refractivity contribution >= 4 is 15.9 Å². The monoisotopic (exact) mass is 354 g/mol. The molecule has 1 aromatic carbocycles. The third kappa shape index (κ3) is 4.90. The predicted octanol–water partition coefficient (Wildman–Crippen LogP) is 4.41. The van der Waals surface area contributed by atoms with Gasteiger partial charge in [0.1, 0.15) is 11.5 Å². The molecule has 24 heavy (non-hydrogen) atoms. The molecule has 0 saturated heterocycles. The number of hydrogen-bond acceptors (Lipinski definition) is 4. The number of unbranched alkanes of at least 4 members (excludes halogenated alkanes) is 1. The van der Waals surface area contributed by atoms with E-state index in [2.05, 4.69) is 6.92 Å². The summed E-state index contributed by atoms with van der Waals surface area (Å²) in [5.41, 5.74) is 3.33. The van der Waals surface area contributed by atoms with Gasteiger partial charge in [-0.1, -0.05) is 32.8 Å². The van der Waals surface area contributed by atoms with E-state index in [-0.39, 0.29) is 23.2 Å². The van der Waals surface area contributed by atoms with Crippen molar-refractivity contribution in [3.05, 3.63) is 28.3 Å². The third-order valence-electron chi connectivity index (χ3n) is 4.75. The van der Waals surface area contributed by atoms with Gasteiger partial charge in [-0.25, -0.2) is 0 Å². The van der Waals surface area contributed by atoms with E-state index in [1.165, 1.54) is 0 Å². The topological polar surface area (TPSA) is 60.4 Å². The van der Waals surface area contributed by atoms with E-state index in [4.69, 9.17) is 4.18 Å². The average molecular weight is 355 g/mol. The van der Waals surface area contributed by atoms with Gasteiger partial charge in [-0.05, 0) is 62.8 Å². The highest BCUT2D eigenvalue weighted by Crippen LogP contribution is 2.27. The van der Waals surface area contributed by atoms with Gasteiger partial charge in [-0.2, -0.15) is 8.42 Å². The number of carbonyl (C=O) groups is 1. The number of carbonyl (C=O) groups excluding carboxylic acids is 1. The molecule has 4 nitrogen and oxygen atoms in total. The zero-order valence-electron chi connectivity index (χ0n) is 15.7. The lowest BCUT2D eigenvalue weighted by Gasteiger charge is -2.16. The van der Waals surface area contributed by atoms with Crippen LogP contribution in [0.3, 0.4) is 0 Å². The van der Waals surface area contributed by atoms with Crippen LogP contribution in [-0.2, 0) is 19.1 Å². The van der Waals surface area contributed by atoms with Gasteiger partial charge in [0.25, 0.3) is 10.1 Å². The van der Waals surface area contributed by atoms with E-state index in [1.54, 1.807) is 13.8 Å². The molecule has 1 rings (SSSR count). The number of hydrogen-bond donors (Lipinski definition) is 0. The van der Waals surface area contributed by atoms with Gasteiger partial charge in [0.2, 0.25) is 0 Å². The summed E-state index contributed by atoms with van der Waals surface area (Å²) in [6, 6.07) is 1.84. The molecule has 0 saturated carbocycles. The lowest BCUT2D eigenvalue weighted by atomic mass is 9.95. The standard InChI is InChI=1S/C19H30O4S/c1-7-9-10-17(8-2)18(20)12-23-24(21,22)19-14(4)11-13(3)15(5)16(19)6/h11,17H,7-10,12H2,1-6H3. The van der Waals surface area contributed by atoms with Gasteiger partial charge < -0.3 is 0 Å². The first-order valence-corrected chi connectivity index (χ1v) is 10.1. The third-order valence-corrected chi connectivity index (χ3v) is 6.30. The summed E-state index contributed by atoms with van der Waals surface area (Å²) in [5.74, 6) is -0.254. The highest BCUT2D eigenvalue weighted by molar-refractivity contribution is 7.86. The molecule has 0 bridgehead atoms. The maximum atomic E-state index is 12.6. The predicted molar refractivity (Wildman–Crippen MR) is 96.8 cm³/mol. The molecule has 1 aromatic rings. The van der Waals surface area contributed by atoms with Gasteiger partial charge in [0.15, 0.2) is 5.78 Å². The first-order valence-electron chi connectivity index (χ1n) is 8.65. The van der Waals surface area contributed by atoms with Crippen LogP contribution >= 0.6 is 0 Å². The second-order valence-electron chi connectivity index (χ2n) is 6.52. The lowest BCUT2D eigenvalue weighted by Crippen LogP contribution is -2.22. The van der Waals surface area contributed by atoms with Crippen LogP contribution in [0.5, 0.6) is 0 Å². The summed E-state index contributed by atoms with van der Waals surface area (Å²) in [6.07, 6.45) is 3.48. The van der Waals surface area contributed by atoms with Gasteiger partial charge in [-0.3, -0.25) is 8.98 Å². The highest BCUT2D eigenvalue weighted by atomic mass is 32.2. The first-order chi connectivity index (χ1) is 11.2. The molecule has 0 aliphatic rings. The molecular formula is C19H30O4S. The molecule has 0 aliphatic carbocycles. The zero-order valence-corrected chi connectivity index (χ0v) is 16.5. The van der Waals surface area contributed by atoms with Crippen LogP contribution in [0.2, 0.25) is 0 Å². The molecule has 0 amide bonds. The molecule has 0 aromatic heterocycles. The number of Topliss-reactive ketones (excluding diaryl/α,β-unsaturated/α-hetero) is 1. The summed E-state index contributed by atoms with van der Waals surface area (Å²) in [6.45, 7) is 11.0. The maximum absolute atomic E-state index is 12.6. The fourth-order valence-corrected chi connectivity index (χ4v) is 4.37. The average Bonchev–Trinajstić information content (AvgIpc) is 2.51. The second kappa shape index (κ2) is 8.77. The van der Waals surface area contributed by atoms with Gasteiger partial charge in [0.05, 0.1) is 0 Å².